The van der Waals surface area contributed by atoms with E-state index in [1.165, 1.54) is 0 Å². The van der Waals surface area contributed by atoms with Gasteiger partial charge in [-0.25, -0.2) is 9.59 Å². The molecular weight excluding hydrogens is 236 g/mol. The first kappa shape index (κ1) is 12.2. The predicted octanol–water partition coefficient (Wildman–Crippen LogP) is 0.940. The van der Waals surface area contributed by atoms with E-state index in [0.29, 0.717) is 13.1 Å². The molecule has 2 N–H and O–H groups in total. The first-order valence-corrected chi connectivity index (χ1v) is 5.62. The van der Waals surface area contributed by atoms with E-state index in [-0.39, 0.29) is 6.54 Å². The maximum absolute atomic E-state index is 11.2. The summed E-state index contributed by atoms with van der Waals surface area (Å²) in [5.41, 5.74) is 0.801. The van der Waals surface area contributed by atoms with E-state index in [0.717, 1.165) is 10.6 Å². The molecule has 0 radical (unpaired) electrons. The normalized spacial score (nSPS) is 19.7. The quantitative estimate of drug-likeness (QED) is 0.816. The predicted molar refractivity (Wildman–Crippen MR) is 64.8 cm³/mol. The number of hydrogen-bond acceptors (Lipinski definition) is 3. The zero-order valence-corrected chi connectivity index (χ0v) is 9.69. The van der Waals surface area contributed by atoms with Gasteiger partial charge in [-0.3, -0.25) is 0 Å². The maximum Gasteiger partial charge on any atom is 0.407 e. The van der Waals surface area contributed by atoms with Crippen LogP contribution in [0.3, 0.4) is 0 Å². The topological polar surface area (TPSA) is 81.1 Å². The Morgan fingerprint density at radius 1 is 1.11 bits per heavy atom. The second-order valence-corrected chi connectivity index (χ2v) is 4.11. The second-order valence-electron chi connectivity index (χ2n) is 4.11. The maximum atomic E-state index is 11.2. The summed E-state index contributed by atoms with van der Waals surface area (Å²) in [5, 5.41) is 18.1. The summed E-state index contributed by atoms with van der Waals surface area (Å²) in [7, 11) is 0. The molecule has 0 unspecified atom stereocenters. The highest BCUT2D eigenvalue weighted by Crippen LogP contribution is 2.20. The summed E-state index contributed by atoms with van der Waals surface area (Å²) in [6.45, 7) is 0.681. The number of anilines is 1. The fourth-order valence-corrected chi connectivity index (χ4v) is 2.10. The van der Waals surface area contributed by atoms with E-state index >= 15 is 0 Å². The molecule has 1 aliphatic rings. The Morgan fingerprint density at radius 2 is 1.78 bits per heavy atom. The van der Waals surface area contributed by atoms with E-state index in [9.17, 15) is 14.7 Å². The van der Waals surface area contributed by atoms with Crippen LogP contribution in [0.25, 0.3) is 0 Å². The Balaban J connectivity index is 2.21. The number of hydrogen-bond donors (Lipinski definition) is 2. The third-order valence-corrected chi connectivity index (χ3v) is 3.02. The first-order chi connectivity index (χ1) is 8.59. The minimum absolute atomic E-state index is 0.0143. The number of rotatable bonds is 2. The number of carbonyl (C=O) groups is 2. The third kappa shape index (κ3) is 2.37. The highest BCUT2D eigenvalue weighted by Gasteiger charge is 2.34. The van der Waals surface area contributed by atoms with Gasteiger partial charge >= 0.3 is 12.1 Å². The van der Waals surface area contributed by atoms with Gasteiger partial charge in [0.1, 0.15) is 6.04 Å². The van der Waals surface area contributed by atoms with Crippen LogP contribution >= 0.6 is 0 Å². The summed E-state index contributed by atoms with van der Waals surface area (Å²) >= 11 is 0. The third-order valence-electron chi connectivity index (χ3n) is 3.02. The van der Waals surface area contributed by atoms with Crippen LogP contribution in [0.4, 0.5) is 10.5 Å². The van der Waals surface area contributed by atoms with Crippen molar-refractivity contribution in [3.8, 4) is 0 Å². The largest absolute Gasteiger partial charge is 0.480 e. The van der Waals surface area contributed by atoms with Crippen LogP contribution in [0.5, 0.6) is 0 Å². The number of piperazine rings is 1. The number of carboxylic acid groups (broad SMARTS) is 2. The minimum atomic E-state index is -1.08. The SMILES string of the molecule is O=C(O)[C@H]1CN(C(=O)O)CCN1c1ccccc1. The van der Waals surface area contributed by atoms with Crippen LogP contribution in [0.2, 0.25) is 0 Å². The van der Waals surface area contributed by atoms with Crippen molar-refractivity contribution in [1.29, 1.82) is 0 Å². The van der Waals surface area contributed by atoms with Gasteiger partial charge in [-0.15, -0.1) is 0 Å². The van der Waals surface area contributed by atoms with Crippen molar-refractivity contribution < 1.29 is 19.8 Å². The van der Waals surface area contributed by atoms with Crippen LogP contribution in [0.1, 0.15) is 0 Å². The van der Waals surface area contributed by atoms with Gasteiger partial charge in [0.05, 0.1) is 6.54 Å². The molecule has 0 aromatic heterocycles. The zero-order valence-electron chi connectivity index (χ0n) is 9.69. The molecule has 1 saturated heterocycles. The summed E-state index contributed by atoms with van der Waals surface area (Å²) in [6, 6.07) is 8.33. The molecule has 18 heavy (non-hydrogen) atoms. The van der Waals surface area contributed by atoms with Gasteiger partial charge in [-0.05, 0) is 12.1 Å². The molecule has 0 saturated carbocycles. The van der Waals surface area contributed by atoms with Gasteiger partial charge in [0, 0.05) is 18.8 Å². The minimum Gasteiger partial charge on any atom is -0.480 e. The van der Waals surface area contributed by atoms with Crippen LogP contribution in [-0.2, 0) is 4.79 Å². The fourth-order valence-electron chi connectivity index (χ4n) is 2.10. The van der Waals surface area contributed by atoms with Crippen molar-refractivity contribution in [2.45, 2.75) is 6.04 Å². The van der Waals surface area contributed by atoms with E-state index in [4.69, 9.17) is 5.11 Å². The van der Waals surface area contributed by atoms with Gasteiger partial charge in [-0.1, -0.05) is 18.2 Å². The number of nitrogens with zero attached hydrogens (tertiary/aromatic N) is 2. The second kappa shape index (κ2) is 4.95. The van der Waals surface area contributed by atoms with E-state index < -0.39 is 18.1 Å². The fraction of sp³-hybridized carbons (Fsp3) is 0.333. The van der Waals surface area contributed by atoms with Gasteiger partial charge < -0.3 is 20.0 Å². The molecule has 6 nitrogen and oxygen atoms in total. The monoisotopic (exact) mass is 250 g/mol. The van der Waals surface area contributed by atoms with Gasteiger partial charge in [-0.2, -0.15) is 0 Å². The summed E-state index contributed by atoms with van der Waals surface area (Å²) < 4.78 is 0. The standard InChI is InChI=1S/C12H14N2O4/c15-11(16)10-8-13(12(17)18)6-7-14(10)9-4-2-1-3-5-9/h1-5,10H,6-8H2,(H,15,16)(H,17,18)/t10-/m1/s1. The Morgan fingerprint density at radius 3 is 2.33 bits per heavy atom. The molecule has 1 aromatic rings. The number of para-hydroxylation sites is 1. The highest BCUT2D eigenvalue weighted by molar-refractivity contribution is 5.80. The summed E-state index contributed by atoms with van der Waals surface area (Å²) in [6.07, 6.45) is -1.08. The number of aliphatic carboxylic acids is 1. The van der Waals surface area contributed by atoms with E-state index in [1.807, 2.05) is 30.3 Å². The van der Waals surface area contributed by atoms with E-state index in [1.54, 1.807) is 4.90 Å². The van der Waals surface area contributed by atoms with Crippen molar-refractivity contribution in [2.24, 2.45) is 0 Å². The molecule has 1 heterocycles. The molecule has 96 valence electrons. The highest BCUT2D eigenvalue weighted by atomic mass is 16.4. The van der Waals surface area contributed by atoms with Crippen LogP contribution in [-0.4, -0.2) is 52.9 Å². The first-order valence-electron chi connectivity index (χ1n) is 5.62. The molecule has 0 bridgehead atoms. The van der Waals surface area contributed by atoms with Crippen molar-refractivity contribution >= 4 is 17.7 Å². The molecule has 0 spiro atoms. The van der Waals surface area contributed by atoms with Crippen molar-refractivity contribution in [1.82, 2.24) is 4.90 Å². The average Bonchev–Trinajstić information content (AvgIpc) is 2.39. The molecule has 1 aliphatic heterocycles. The lowest BCUT2D eigenvalue weighted by Gasteiger charge is -2.39. The van der Waals surface area contributed by atoms with Crippen molar-refractivity contribution in [3.05, 3.63) is 30.3 Å². The lowest BCUT2D eigenvalue weighted by Crippen LogP contribution is -2.57. The van der Waals surface area contributed by atoms with Crippen molar-refractivity contribution in [3.63, 3.8) is 0 Å². The van der Waals surface area contributed by atoms with Gasteiger partial charge in [0.15, 0.2) is 0 Å². The molecule has 6 heteroatoms. The molecule has 1 aromatic carbocycles. The molecule has 1 amide bonds. The summed E-state index contributed by atoms with van der Waals surface area (Å²) in [4.78, 5) is 25.0. The lowest BCUT2D eigenvalue weighted by atomic mass is 10.1. The Hall–Kier alpha value is -2.24. The van der Waals surface area contributed by atoms with E-state index in [2.05, 4.69) is 0 Å². The van der Waals surface area contributed by atoms with Gasteiger partial charge in [0.25, 0.3) is 0 Å². The summed E-state index contributed by atoms with van der Waals surface area (Å²) in [5.74, 6) is -1.01. The molecule has 0 aliphatic carbocycles. The smallest absolute Gasteiger partial charge is 0.407 e. The van der Waals surface area contributed by atoms with Crippen LogP contribution in [0.15, 0.2) is 30.3 Å². The average molecular weight is 250 g/mol. The molecule has 1 atom stereocenters. The van der Waals surface area contributed by atoms with Crippen molar-refractivity contribution in [2.75, 3.05) is 24.5 Å². The van der Waals surface area contributed by atoms with Crippen LogP contribution in [0, 0.1) is 0 Å². The Labute approximate surface area is 104 Å². The molecular formula is C12H14N2O4. The van der Waals surface area contributed by atoms with Crippen LogP contribution < -0.4 is 4.90 Å². The Bertz CT molecular complexity index is 449. The van der Waals surface area contributed by atoms with Gasteiger partial charge in [0.2, 0.25) is 0 Å². The number of amides is 1. The lowest BCUT2D eigenvalue weighted by molar-refractivity contribution is -0.139. The number of carboxylic acids is 1. The molecule has 2 rings (SSSR count). The Kier molecular flexibility index (Phi) is 3.36. The number of benzene rings is 1. The zero-order chi connectivity index (χ0) is 13.1. The molecule has 1 fully saturated rings.